The second kappa shape index (κ2) is 5.71. The highest BCUT2D eigenvalue weighted by atomic mass is 15.3. The number of nitrogens with one attached hydrogen (secondary N) is 2. The maximum absolute atomic E-state index is 4.19. The van der Waals surface area contributed by atoms with Gasteiger partial charge in [-0.15, -0.1) is 0 Å². The lowest BCUT2D eigenvalue weighted by Crippen LogP contribution is -2.16. The number of hydrogen-bond acceptors (Lipinski definition) is 2. The normalized spacial score (nSPS) is 11.2. The molecule has 98 valence electrons. The molecule has 2 heterocycles. The first-order valence-electron chi connectivity index (χ1n) is 6.66. The van der Waals surface area contributed by atoms with Gasteiger partial charge in [-0.2, -0.15) is 5.10 Å². The van der Waals surface area contributed by atoms with Gasteiger partial charge in [0.15, 0.2) is 0 Å². The second-order valence-corrected chi connectivity index (χ2v) is 4.70. The smallest absolute Gasteiger partial charge is 0.0489 e. The van der Waals surface area contributed by atoms with E-state index in [9.17, 15) is 0 Å². The molecule has 1 aromatic carbocycles. The summed E-state index contributed by atoms with van der Waals surface area (Å²) in [7, 11) is 0. The van der Waals surface area contributed by atoms with Crippen molar-refractivity contribution in [1.82, 2.24) is 20.1 Å². The first-order chi connectivity index (χ1) is 9.42. The van der Waals surface area contributed by atoms with Gasteiger partial charge in [-0.3, -0.25) is 4.68 Å². The molecule has 0 amide bonds. The largest absolute Gasteiger partial charge is 0.361 e. The Morgan fingerprint density at radius 2 is 2.26 bits per heavy atom. The Labute approximate surface area is 112 Å². The Kier molecular flexibility index (Phi) is 3.61. The second-order valence-electron chi connectivity index (χ2n) is 4.70. The van der Waals surface area contributed by atoms with Gasteiger partial charge in [-0.05, 0) is 42.1 Å². The zero-order valence-corrected chi connectivity index (χ0v) is 10.8. The molecular weight excluding hydrogens is 236 g/mol. The van der Waals surface area contributed by atoms with Crippen molar-refractivity contribution in [2.24, 2.45) is 0 Å². The van der Waals surface area contributed by atoms with Gasteiger partial charge in [-0.25, -0.2) is 0 Å². The third kappa shape index (κ3) is 3.03. The lowest BCUT2D eigenvalue weighted by Gasteiger charge is -2.05. The van der Waals surface area contributed by atoms with Crippen LogP contribution in [0.4, 0.5) is 0 Å². The van der Waals surface area contributed by atoms with Crippen LogP contribution in [0.15, 0.2) is 48.9 Å². The molecule has 0 bridgehead atoms. The monoisotopic (exact) mass is 254 g/mol. The van der Waals surface area contributed by atoms with Gasteiger partial charge in [0.1, 0.15) is 0 Å². The summed E-state index contributed by atoms with van der Waals surface area (Å²) in [6.07, 6.45) is 6.89. The average Bonchev–Trinajstić information content (AvgIpc) is 3.08. The van der Waals surface area contributed by atoms with Gasteiger partial charge in [-0.1, -0.05) is 12.1 Å². The number of rotatable bonds is 6. The van der Waals surface area contributed by atoms with E-state index in [0.717, 1.165) is 26.1 Å². The van der Waals surface area contributed by atoms with E-state index < -0.39 is 0 Å². The highest BCUT2D eigenvalue weighted by molar-refractivity contribution is 5.79. The van der Waals surface area contributed by atoms with Gasteiger partial charge >= 0.3 is 0 Å². The van der Waals surface area contributed by atoms with Gasteiger partial charge < -0.3 is 10.3 Å². The Bertz CT molecular complexity index is 624. The molecule has 0 aliphatic carbocycles. The predicted molar refractivity (Wildman–Crippen MR) is 76.8 cm³/mol. The zero-order valence-electron chi connectivity index (χ0n) is 10.8. The number of aromatic amines is 1. The molecule has 3 aromatic rings. The minimum atomic E-state index is 0.911. The van der Waals surface area contributed by atoms with E-state index in [2.05, 4.69) is 39.7 Å². The Hall–Kier alpha value is -2.07. The first kappa shape index (κ1) is 12.0. The number of hydrogen-bond donors (Lipinski definition) is 2. The zero-order chi connectivity index (χ0) is 12.9. The van der Waals surface area contributed by atoms with Gasteiger partial charge in [0.2, 0.25) is 0 Å². The van der Waals surface area contributed by atoms with Crippen LogP contribution in [0.2, 0.25) is 0 Å². The maximum atomic E-state index is 4.19. The standard InChI is InChI=1S/C15H18N4/c1(9-19-10-2-7-18-19)6-16-12-13-3-4-14-5-8-17-15(14)11-13/h2-5,7-8,10-11,16-17H,1,6,9,12H2. The van der Waals surface area contributed by atoms with E-state index in [-0.39, 0.29) is 0 Å². The molecule has 0 radical (unpaired) electrons. The summed E-state index contributed by atoms with van der Waals surface area (Å²) in [5.41, 5.74) is 2.52. The summed E-state index contributed by atoms with van der Waals surface area (Å²) >= 11 is 0. The molecule has 2 aromatic heterocycles. The quantitative estimate of drug-likeness (QED) is 0.664. The van der Waals surface area contributed by atoms with E-state index in [1.807, 2.05) is 29.3 Å². The predicted octanol–water partition coefficient (Wildman–Crippen LogP) is 2.54. The fourth-order valence-corrected chi connectivity index (χ4v) is 2.24. The minimum Gasteiger partial charge on any atom is -0.361 e. The molecule has 3 rings (SSSR count). The third-order valence-corrected chi connectivity index (χ3v) is 3.25. The van der Waals surface area contributed by atoms with Crippen LogP contribution < -0.4 is 5.32 Å². The molecule has 0 unspecified atom stereocenters. The van der Waals surface area contributed by atoms with Crippen molar-refractivity contribution >= 4 is 10.9 Å². The van der Waals surface area contributed by atoms with Crippen LogP contribution in [-0.2, 0) is 13.1 Å². The molecule has 0 atom stereocenters. The summed E-state index contributed by atoms with van der Waals surface area (Å²) in [5.74, 6) is 0. The lowest BCUT2D eigenvalue weighted by atomic mass is 10.1. The fourth-order valence-electron chi connectivity index (χ4n) is 2.24. The highest BCUT2D eigenvalue weighted by Gasteiger charge is 1.97. The number of fused-ring (bicyclic) bond motifs is 1. The highest BCUT2D eigenvalue weighted by Crippen LogP contribution is 2.13. The lowest BCUT2D eigenvalue weighted by molar-refractivity contribution is 0.543. The SMILES string of the molecule is c1cnn(CCCNCc2ccc3cc[nH]c3c2)c1. The Morgan fingerprint density at radius 1 is 1.26 bits per heavy atom. The van der Waals surface area contributed by atoms with Crippen molar-refractivity contribution in [3.8, 4) is 0 Å². The summed E-state index contributed by atoms with van der Waals surface area (Å²) < 4.78 is 1.96. The molecule has 2 N–H and O–H groups in total. The van der Waals surface area contributed by atoms with Crippen LogP contribution in [0.5, 0.6) is 0 Å². The molecule has 0 aliphatic rings. The van der Waals surface area contributed by atoms with Crippen LogP contribution in [0, 0.1) is 0 Å². The topological polar surface area (TPSA) is 45.6 Å². The first-order valence-corrected chi connectivity index (χ1v) is 6.66. The van der Waals surface area contributed by atoms with E-state index in [1.165, 1.54) is 16.5 Å². The van der Waals surface area contributed by atoms with E-state index in [0.29, 0.717) is 0 Å². The van der Waals surface area contributed by atoms with Crippen molar-refractivity contribution in [2.75, 3.05) is 6.54 Å². The van der Waals surface area contributed by atoms with Crippen molar-refractivity contribution in [3.63, 3.8) is 0 Å². The molecule has 0 saturated heterocycles. The van der Waals surface area contributed by atoms with Crippen LogP contribution in [0.3, 0.4) is 0 Å². The van der Waals surface area contributed by atoms with Crippen molar-refractivity contribution in [3.05, 3.63) is 54.5 Å². The van der Waals surface area contributed by atoms with Gasteiger partial charge in [0, 0.05) is 37.2 Å². The van der Waals surface area contributed by atoms with E-state index in [4.69, 9.17) is 0 Å². The number of aryl methyl sites for hydroxylation is 1. The van der Waals surface area contributed by atoms with Crippen LogP contribution in [-0.4, -0.2) is 21.3 Å². The Balaban J connectivity index is 1.44. The van der Waals surface area contributed by atoms with Crippen molar-refractivity contribution in [2.45, 2.75) is 19.5 Å². The van der Waals surface area contributed by atoms with Gasteiger partial charge in [0.25, 0.3) is 0 Å². The fraction of sp³-hybridized carbons (Fsp3) is 0.267. The number of benzene rings is 1. The van der Waals surface area contributed by atoms with Crippen LogP contribution >= 0.6 is 0 Å². The van der Waals surface area contributed by atoms with Crippen molar-refractivity contribution < 1.29 is 0 Å². The molecule has 0 saturated carbocycles. The number of H-pyrrole nitrogens is 1. The summed E-state index contributed by atoms with van der Waals surface area (Å²) in [6, 6.07) is 10.6. The Morgan fingerprint density at radius 3 is 3.16 bits per heavy atom. The molecular formula is C15H18N4. The molecule has 4 heteroatoms. The van der Waals surface area contributed by atoms with Crippen LogP contribution in [0.1, 0.15) is 12.0 Å². The molecule has 0 aliphatic heterocycles. The summed E-state index contributed by atoms with van der Waals surface area (Å²) in [5, 5.41) is 8.92. The third-order valence-electron chi connectivity index (χ3n) is 3.25. The molecule has 0 fully saturated rings. The average molecular weight is 254 g/mol. The van der Waals surface area contributed by atoms with E-state index in [1.54, 1.807) is 0 Å². The van der Waals surface area contributed by atoms with Crippen LogP contribution in [0.25, 0.3) is 10.9 Å². The number of aromatic nitrogens is 3. The van der Waals surface area contributed by atoms with Gasteiger partial charge in [0.05, 0.1) is 0 Å². The molecule has 4 nitrogen and oxygen atoms in total. The number of nitrogens with zero attached hydrogens (tertiary/aromatic N) is 2. The molecule has 0 spiro atoms. The summed E-state index contributed by atoms with van der Waals surface area (Å²) in [4.78, 5) is 3.24. The summed E-state index contributed by atoms with van der Waals surface area (Å²) in [6.45, 7) is 2.88. The maximum Gasteiger partial charge on any atom is 0.0489 e. The van der Waals surface area contributed by atoms with Crippen molar-refractivity contribution in [1.29, 1.82) is 0 Å². The molecule has 19 heavy (non-hydrogen) atoms. The van der Waals surface area contributed by atoms with E-state index >= 15 is 0 Å². The minimum absolute atomic E-state index is 0.911.